The van der Waals surface area contributed by atoms with Crippen LogP contribution in [0.4, 0.5) is 5.82 Å². The first-order valence-electron chi connectivity index (χ1n) is 6.70. The van der Waals surface area contributed by atoms with Crippen molar-refractivity contribution < 1.29 is 14.8 Å². The van der Waals surface area contributed by atoms with Gasteiger partial charge in [-0.15, -0.1) is 0 Å². The monoisotopic (exact) mass is 282 g/mol. The Balaban J connectivity index is 2.03. The first-order valence-corrected chi connectivity index (χ1v) is 6.70. The Morgan fingerprint density at radius 3 is 2.95 bits per heavy atom. The van der Waals surface area contributed by atoms with Crippen LogP contribution in [-0.4, -0.2) is 49.8 Å². The number of nitro groups is 1. The smallest absolute Gasteiger partial charge is 0.389 e. The highest BCUT2D eigenvalue weighted by atomic mass is 16.6. The van der Waals surface area contributed by atoms with Gasteiger partial charge in [0.1, 0.15) is 6.54 Å². The van der Waals surface area contributed by atoms with Crippen LogP contribution in [0.2, 0.25) is 0 Å². The van der Waals surface area contributed by atoms with E-state index >= 15 is 0 Å². The van der Waals surface area contributed by atoms with E-state index in [-0.39, 0.29) is 30.9 Å². The van der Waals surface area contributed by atoms with Crippen LogP contribution in [0.3, 0.4) is 0 Å². The molecule has 20 heavy (non-hydrogen) atoms. The minimum Gasteiger partial charge on any atom is -0.394 e. The van der Waals surface area contributed by atoms with Crippen molar-refractivity contribution in [2.24, 2.45) is 0 Å². The molecule has 0 aromatic carbocycles. The van der Waals surface area contributed by atoms with E-state index < -0.39 is 4.92 Å². The number of amides is 1. The summed E-state index contributed by atoms with van der Waals surface area (Å²) < 4.78 is 1.26. The molecular formula is C12H18N4O4. The van der Waals surface area contributed by atoms with E-state index in [0.717, 1.165) is 25.7 Å². The van der Waals surface area contributed by atoms with Crippen molar-refractivity contribution in [2.45, 2.75) is 38.3 Å². The lowest BCUT2D eigenvalue weighted by atomic mass is 10.1. The predicted octanol–water partition coefficient (Wildman–Crippen LogP) is 0.555. The molecule has 8 nitrogen and oxygen atoms in total. The van der Waals surface area contributed by atoms with E-state index in [9.17, 15) is 20.0 Å². The minimum atomic E-state index is -0.594. The average molecular weight is 282 g/mol. The maximum absolute atomic E-state index is 12.3. The fraction of sp³-hybridized carbons (Fsp3) is 0.667. The van der Waals surface area contributed by atoms with E-state index in [1.807, 2.05) is 0 Å². The zero-order chi connectivity index (χ0) is 14.5. The number of hydrogen-bond donors (Lipinski definition) is 1. The third-order valence-corrected chi connectivity index (χ3v) is 3.52. The molecule has 1 saturated heterocycles. The second kappa shape index (κ2) is 6.47. The summed E-state index contributed by atoms with van der Waals surface area (Å²) in [6.07, 6.45) is 5.18. The van der Waals surface area contributed by atoms with Crippen molar-refractivity contribution >= 4 is 11.7 Å². The lowest BCUT2D eigenvalue weighted by Gasteiger charge is -2.28. The summed E-state index contributed by atoms with van der Waals surface area (Å²) in [6.45, 7) is 0.531. The molecule has 0 bridgehead atoms. The Morgan fingerprint density at radius 2 is 2.30 bits per heavy atom. The Bertz CT molecular complexity index is 488. The van der Waals surface area contributed by atoms with Gasteiger partial charge in [0.15, 0.2) is 0 Å². The molecule has 1 amide bonds. The minimum absolute atomic E-state index is 0.0374. The lowest BCUT2D eigenvalue weighted by molar-refractivity contribution is -0.389. The van der Waals surface area contributed by atoms with Gasteiger partial charge < -0.3 is 20.1 Å². The van der Waals surface area contributed by atoms with E-state index in [4.69, 9.17) is 0 Å². The van der Waals surface area contributed by atoms with Crippen molar-refractivity contribution in [2.75, 3.05) is 13.2 Å². The number of carbonyl (C=O) groups excluding carboxylic acids is 1. The van der Waals surface area contributed by atoms with Gasteiger partial charge in [-0.1, -0.05) is 12.8 Å². The van der Waals surface area contributed by atoms with Gasteiger partial charge in [-0.25, -0.2) is 0 Å². The largest absolute Gasteiger partial charge is 0.394 e. The van der Waals surface area contributed by atoms with Crippen LogP contribution in [0.1, 0.15) is 25.7 Å². The number of aromatic nitrogens is 2. The summed E-state index contributed by atoms with van der Waals surface area (Å²) >= 11 is 0. The topological polar surface area (TPSA) is 102 Å². The lowest BCUT2D eigenvalue weighted by Crippen LogP contribution is -2.43. The molecule has 110 valence electrons. The maximum Gasteiger partial charge on any atom is 0.389 e. The molecule has 0 radical (unpaired) electrons. The van der Waals surface area contributed by atoms with Gasteiger partial charge in [0, 0.05) is 6.54 Å². The molecule has 1 unspecified atom stereocenters. The number of likely N-dealkylation sites (tertiary alicyclic amines) is 1. The summed E-state index contributed by atoms with van der Waals surface area (Å²) in [5.74, 6) is -0.434. The van der Waals surface area contributed by atoms with Gasteiger partial charge in [-0.2, -0.15) is 4.68 Å². The van der Waals surface area contributed by atoms with E-state index in [0.29, 0.717) is 6.54 Å². The first-order chi connectivity index (χ1) is 9.61. The molecule has 2 rings (SSSR count). The second-order valence-electron chi connectivity index (χ2n) is 4.90. The van der Waals surface area contributed by atoms with E-state index in [1.54, 1.807) is 4.90 Å². The molecule has 1 fully saturated rings. The Hall–Kier alpha value is -1.96. The van der Waals surface area contributed by atoms with Crippen molar-refractivity contribution in [1.82, 2.24) is 14.7 Å². The molecule has 1 N–H and O–H groups in total. The van der Waals surface area contributed by atoms with Gasteiger partial charge >= 0.3 is 5.82 Å². The van der Waals surface area contributed by atoms with Gasteiger partial charge in [0.2, 0.25) is 5.91 Å². The van der Waals surface area contributed by atoms with Crippen LogP contribution in [0.25, 0.3) is 0 Å². The van der Waals surface area contributed by atoms with Crippen LogP contribution in [0, 0.1) is 10.1 Å². The molecule has 1 aliphatic rings. The fourth-order valence-electron chi connectivity index (χ4n) is 2.46. The Labute approximate surface area is 116 Å². The molecule has 0 aliphatic carbocycles. The number of carbonyl (C=O) groups is 1. The summed E-state index contributed by atoms with van der Waals surface area (Å²) in [6, 6.07) is 1.11. The maximum atomic E-state index is 12.3. The highest BCUT2D eigenvalue weighted by Gasteiger charge is 2.26. The van der Waals surface area contributed by atoms with Crippen LogP contribution in [0.5, 0.6) is 0 Å². The van der Waals surface area contributed by atoms with Gasteiger partial charge in [-0.05, 0) is 17.8 Å². The average Bonchev–Trinajstić information content (AvgIpc) is 2.75. The van der Waals surface area contributed by atoms with Crippen LogP contribution < -0.4 is 0 Å². The Morgan fingerprint density at radius 1 is 1.50 bits per heavy atom. The van der Waals surface area contributed by atoms with Crippen LogP contribution in [0.15, 0.2) is 12.3 Å². The standard InChI is InChI=1S/C12H18N4O4/c17-9-10-4-2-1-3-6-15(10)12(18)8-14-7-5-11(13-14)16(19)20/h5,7,10,17H,1-4,6,8-9H2. The zero-order valence-electron chi connectivity index (χ0n) is 11.1. The highest BCUT2D eigenvalue weighted by molar-refractivity contribution is 5.76. The third kappa shape index (κ3) is 3.32. The molecule has 2 heterocycles. The molecule has 8 heteroatoms. The molecule has 1 aliphatic heterocycles. The second-order valence-corrected chi connectivity index (χ2v) is 4.90. The molecule has 1 aromatic heterocycles. The quantitative estimate of drug-likeness (QED) is 0.642. The van der Waals surface area contributed by atoms with Crippen molar-refractivity contribution in [1.29, 1.82) is 0 Å². The molecule has 0 spiro atoms. The zero-order valence-corrected chi connectivity index (χ0v) is 11.1. The van der Waals surface area contributed by atoms with E-state index in [1.165, 1.54) is 16.9 Å². The predicted molar refractivity (Wildman–Crippen MR) is 69.9 cm³/mol. The normalized spacial score (nSPS) is 19.6. The fourth-order valence-corrected chi connectivity index (χ4v) is 2.46. The summed E-state index contributed by atoms with van der Waals surface area (Å²) in [4.78, 5) is 23.9. The van der Waals surface area contributed by atoms with Gasteiger partial charge in [0.05, 0.1) is 30.0 Å². The number of hydrogen-bond acceptors (Lipinski definition) is 5. The third-order valence-electron chi connectivity index (χ3n) is 3.52. The molecule has 1 aromatic rings. The molecule has 1 atom stereocenters. The number of aliphatic hydroxyl groups excluding tert-OH is 1. The number of aliphatic hydroxyl groups is 1. The molecular weight excluding hydrogens is 264 g/mol. The summed E-state index contributed by atoms with van der Waals surface area (Å²) in [5, 5.41) is 23.6. The van der Waals surface area contributed by atoms with Gasteiger partial charge in [-0.3, -0.25) is 4.79 Å². The van der Waals surface area contributed by atoms with Crippen molar-refractivity contribution in [3.63, 3.8) is 0 Å². The van der Waals surface area contributed by atoms with Gasteiger partial charge in [0.25, 0.3) is 0 Å². The SMILES string of the molecule is O=C(Cn1ccc([N+](=O)[O-])n1)N1CCCCCC1CO. The molecule has 0 saturated carbocycles. The van der Waals surface area contributed by atoms with Crippen molar-refractivity contribution in [3.8, 4) is 0 Å². The first kappa shape index (κ1) is 14.4. The van der Waals surface area contributed by atoms with Crippen molar-refractivity contribution in [3.05, 3.63) is 22.4 Å². The number of rotatable bonds is 4. The van der Waals surface area contributed by atoms with Crippen LogP contribution in [-0.2, 0) is 11.3 Å². The van der Waals surface area contributed by atoms with E-state index in [2.05, 4.69) is 5.10 Å². The highest BCUT2D eigenvalue weighted by Crippen LogP contribution is 2.17. The number of nitrogens with zero attached hydrogens (tertiary/aromatic N) is 4. The Kier molecular flexibility index (Phi) is 4.67. The summed E-state index contributed by atoms with van der Waals surface area (Å²) in [5.41, 5.74) is 0. The van der Waals surface area contributed by atoms with Crippen LogP contribution >= 0.6 is 0 Å². The summed E-state index contributed by atoms with van der Waals surface area (Å²) in [7, 11) is 0.